The number of rotatable bonds is 12. The highest BCUT2D eigenvalue weighted by atomic mass is 16.5. The predicted octanol–water partition coefficient (Wildman–Crippen LogP) is 12.6. The van der Waals surface area contributed by atoms with Gasteiger partial charge in [-0.2, -0.15) is 10.5 Å². The molecule has 0 aromatic rings. The molecule has 0 N–H and O–H groups in total. The molecule has 6 rings (SSSR count). The molecule has 0 saturated heterocycles. The third-order valence-electron chi connectivity index (χ3n) is 15.2. The molecule has 6 aliphatic carbocycles. The molecule has 4 saturated carbocycles. The first kappa shape index (κ1) is 36.7. The van der Waals surface area contributed by atoms with E-state index in [0.717, 1.165) is 11.8 Å². The van der Waals surface area contributed by atoms with Crippen molar-refractivity contribution in [3.8, 4) is 12.1 Å². The predicted molar refractivity (Wildman–Crippen MR) is 202 cm³/mol. The first-order valence-corrected chi connectivity index (χ1v) is 21.2. The van der Waals surface area contributed by atoms with E-state index < -0.39 is 10.8 Å². The molecule has 0 atom stereocenters. The van der Waals surface area contributed by atoms with E-state index in [9.17, 15) is 10.5 Å². The van der Waals surface area contributed by atoms with Gasteiger partial charge in [-0.05, 0) is 85.9 Å². The largest absolute Gasteiger partial charge is 0.380 e. The van der Waals surface area contributed by atoms with Crippen molar-refractivity contribution >= 4 is 0 Å². The zero-order valence-electron chi connectivity index (χ0n) is 31.4. The SMILES string of the molecule is CCCC1CCC(C2(C3(C#N)C=CC(COCC4C=CC(C#N)(C5(C6CCC(CCC)CC6)CCCCC5)C=C4)C=C3)CCCCC2)CC1. The van der Waals surface area contributed by atoms with Crippen LogP contribution >= 0.6 is 0 Å². The van der Waals surface area contributed by atoms with Crippen molar-refractivity contribution in [3.63, 3.8) is 0 Å². The summed E-state index contributed by atoms with van der Waals surface area (Å²) in [7, 11) is 0. The summed E-state index contributed by atoms with van der Waals surface area (Å²) >= 11 is 0. The average molecular weight is 665 g/mol. The van der Waals surface area contributed by atoms with Gasteiger partial charge in [0.05, 0.1) is 36.2 Å². The molecule has 49 heavy (non-hydrogen) atoms. The van der Waals surface area contributed by atoms with Crippen molar-refractivity contribution in [1.82, 2.24) is 0 Å². The van der Waals surface area contributed by atoms with Crippen LogP contribution in [0.15, 0.2) is 48.6 Å². The number of nitrogens with zero attached hydrogens (tertiary/aromatic N) is 2. The Hall–Kier alpha value is -2.10. The Labute approximate surface area is 300 Å². The van der Waals surface area contributed by atoms with Crippen LogP contribution in [0.1, 0.15) is 155 Å². The van der Waals surface area contributed by atoms with Gasteiger partial charge < -0.3 is 4.74 Å². The third kappa shape index (κ3) is 7.32. The van der Waals surface area contributed by atoms with Crippen molar-refractivity contribution in [2.75, 3.05) is 13.2 Å². The lowest BCUT2D eigenvalue weighted by Gasteiger charge is -2.54. The standard InChI is InChI=1S/C46H68N2O/c1-3-11-37-13-17-41(18-14-37)45(25-7-5-8-26-45)43(35-47)29-21-39(22-30-43)33-49-34-40-23-31-44(36-48,32-24-40)46(27-9-6-10-28-46)42-19-15-38(12-4-2)16-20-42/h21-24,29-32,37-42H,3-20,25-28,33-34H2,1-2H3. The van der Waals surface area contributed by atoms with E-state index in [1.165, 1.54) is 141 Å². The van der Waals surface area contributed by atoms with Crippen LogP contribution in [0.5, 0.6) is 0 Å². The van der Waals surface area contributed by atoms with E-state index in [4.69, 9.17) is 4.74 Å². The molecule has 0 amide bonds. The third-order valence-corrected chi connectivity index (χ3v) is 15.2. The summed E-state index contributed by atoms with van der Waals surface area (Å²) in [5.74, 6) is 3.55. The summed E-state index contributed by atoms with van der Waals surface area (Å²) < 4.78 is 6.39. The normalized spacial score (nSPS) is 38.4. The Morgan fingerprint density at radius 1 is 0.531 bits per heavy atom. The first-order valence-electron chi connectivity index (χ1n) is 21.2. The van der Waals surface area contributed by atoms with Crippen LogP contribution in [0.4, 0.5) is 0 Å². The molecule has 0 unspecified atom stereocenters. The molecule has 6 aliphatic rings. The molecule has 0 aromatic heterocycles. The average Bonchev–Trinajstić information content (AvgIpc) is 3.17. The van der Waals surface area contributed by atoms with Crippen LogP contribution in [0.3, 0.4) is 0 Å². The van der Waals surface area contributed by atoms with Crippen molar-refractivity contribution in [3.05, 3.63) is 48.6 Å². The van der Waals surface area contributed by atoms with Crippen molar-refractivity contribution < 1.29 is 4.74 Å². The summed E-state index contributed by atoms with van der Waals surface area (Å²) in [6, 6.07) is 5.81. The van der Waals surface area contributed by atoms with Gasteiger partial charge in [0.15, 0.2) is 0 Å². The maximum absolute atomic E-state index is 10.8. The monoisotopic (exact) mass is 665 g/mol. The van der Waals surface area contributed by atoms with Gasteiger partial charge in [0, 0.05) is 11.8 Å². The molecule has 3 heteroatoms. The van der Waals surface area contributed by atoms with Gasteiger partial charge in [0.2, 0.25) is 0 Å². The van der Waals surface area contributed by atoms with Gasteiger partial charge in [-0.3, -0.25) is 0 Å². The first-order chi connectivity index (χ1) is 24.0. The minimum Gasteiger partial charge on any atom is -0.380 e. The molecule has 0 aliphatic heterocycles. The highest BCUT2D eigenvalue weighted by Gasteiger charge is 2.56. The molecule has 0 heterocycles. The Morgan fingerprint density at radius 3 is 1.18 bits per heavy atom. The maximum atomic E-state index is 10.8. The van der Waals surface area contributed by atoms with Crippen LogP contribution in [0, 0.1) is 79.8 Å². The van der Waals surface area contributed by atoms with E-state index in [1.54, 1.807) is 0 Å². The van der Waals surface area contributed by atoms with Gasteiger partial charge in [0.1, 0.15) is 0 Å². The summed E-state index contributed by atoms with van der Waals surface area (Å²) in [5.41, 5.74) is -0.783. The van der Waals surface area contributed by atoms with Crippen molar-refractivity contribution in [2.45, 2.75) is 155 Å². The molecular weight excluding hydrogens is 597 g/mol. The van der Waals surface area contributed by atoms with Gasteiger partial charge in [-0.1, -0.05) is 152 Å². The lowest BCUT2D eigenvalue weighted by atomic mass is 9.48. The molecule has 0 spiro atoms. The van der Waals surface area contributed by atoms with E-state index in [0.29, 0.717) is 25.0 Å². The highest BCUT2D eigenvalue weighted by Crippen LogP contribution is 2.62. The van der Waals surface area contributed by atoms with Crippen molar-refractivity contribution in [2.24, 2.45) is 57.2 Å². The fourth-order valence-electron chi connectivity index (χ4n) is 12.4. The summed E-state index contributed by atoms with van der Waals surface area (Å²) in [6.45, 7) is 5.95. The van der Waals surface area contributed by atoms with Crippen LogP contribution in [-0.4, -0.2) is 13.2 Å². The fraction of sp³-hybridized carbons (Fsp3) is 0.783. The van der Waals surface area contributed by atoms with Gasteiger partial charge in [0.25, 0.3) is 0 Å². The molecule has 4 fully saturated rings. The van der Waals surface area contributed by atoms with Gasteiger partial charge in [-0.15, -0.1) is 0 Å². The Morgan fingerprint density at radius 2 is 0.878 bits per heavy atom. The second-order valence-corrected chi connectivity index (χ2v) is 17.7. The van der Waals surface area contributed by atoms with Gasteiger partial charge in [-0.25, -0.2) is 0 Å². The summed E-state index contributed by atoms with van der Waals surface area (Å²) in [4.78, 5) is 0. The minimum atomic E-state index is -0.480. The summed E-state index contributed by atoms with van der Waals surface area (Å²) in [6.07, 6.45) is 46.9. The number of ether oxygens (including phenoxy) is 1. The Bertz CT molecular complexity index is 1130. The smallest absolute Gasteiger partial charge is 0.0992 e. The Balaban J connectivity index is 1.06. The minimum absolute atomic E-state index is 0.0888. The number of hydrogen-bond acceptors (Lipinski definition) is 3. The second-order valence-electron chi connectivity index (χ2n) is 17.7. The molecule has 0 aromatic carbocycles. The number of nitriles is 2. The molecule has 0 bridgehead atoms. The molecular formula is C46H68N2O. The van der Waals surface area contributed by atoms with Crippen LogP contribution in [0.25, 0.3) is 0 Å². The number of hydrogen-bond donors (Lipinski definition) is 0. The van der Waals surface area contributed by atoms with E-state index in [2.05, 4.69) is 74.6 Å². The summed E-state index contributed by atoms with van der Waals surface area (Å²) in [5, 5.41) is 21.7. The van der Waals surface area contributed by atoms with E-state index >= 15 is 0 Å². The van der Waals surface area contributed by atoms with Crippen LogP contribution in [-0.2, 0) is 4.74 Å². The molecule has 3 nitrogen and oxygen atoms in total. The van der Waals surface area contributed by atoms with Crippen molar-refractivity contribution in [1.29, 1.82) is 10.5 Å². The van der Waals surface area contributed by atoms with Crippen LogP contribution in [0.2, 0.25) is 0 Å². The Kier molecular flexibility index (Phi) is 12.3. The quantitative estimate of drug-likeness (QED) is 0.195. The van der Waals surface area contributed by atoms with Crippen LogP contribution < -0.4 is 0 Å². The maximum Gasteiger partial charge on any atom is 0.0992 e. The second kappa shape index (κ2) is 16.5. The van der Waals surface area contributed by atoms with Gasteiger partial charge >= 0.3 is 0 Å². The zero-order chi connectivity index (χ0) is 34.2. The van der Waals surface area contributed by atoms with E-state index in [-0.39, 0.29) is 22.7 Å². The fourth-order valence-corrected chi connectivity index (χ4v) is 12.4. The highest BCUT2D eigenvalue weighted by molar-refractivity contribution is 5.36. The lowest BCUT2D eigenvalue weighted by Crippen LogP contribution is -2.48. The topological polar surface area (TPSA) is 56.8 Å². The number of allylic oxidation sites excluding steroid dienone is 4. The molecule has 0 radical (unpaired) electrons. The lowest BCUT2D eigenvalue weighted by molar-refractivity contribution is 0.000270. The zero-order valence-corrected chi connectivity index (χ0v) is 31.4. The van der Waals surface area contributed by atoms with E-state index in [1.807, 2.05) is 0 Å². The molecule has 268 valence electrons.